The second-order valence-corrected chi connectivity index (χ2v) is 6.81. The molecule has 150 valence electrons. The topological polar surface area (TPSA) is 61.8 Å². The maximum absolute atomic E-state index is 12.6. The quantitative estimate of drug-likeness (QED) is 0.339. The van der Waals surface area contributed by atoms with Crippen molar-refractivity contribution in [2.24, 2.45) is 0 Å². The Hall–Kier alpha value is -3.86. The fourth-order valence-corrected chi connectivity index (χ4v) is 3.12. The number of fused-ring (bicyclic) bond motifs is 1. The summed E-state index contributed by atoms with van der Waals surface area (Å²) in [6, 6.07) is 19.3. The Morgan fingerprint density at radius 3 is 2.33 bits per heavy atom. The summed E-state index contributed by atoms with van der Waals surface area (Å²) in [5.74, 6) is 0.867. The van der Waals surface area contributed by atoms with E-state index in [4.69, 9.17) is 14.2 Å². The molecule has 4 rings (SSSR count). The highest BCUT2D eigenvalue weighted by Gasteiger charge is 2.28. The molecule has 0 aromatic heterocycles. The minimum absolute atomic E-state index is 0.197. The smallest absolute Gasteiger partial charge is 0.343 e. The molecule has 1 aliphatic heterocycles. The van der Waals surface area contributed by atoms with Gasteiger partial charge < -0.3 is 14.2 Å². The summed E-state index contributed by atoms with van der Waals surface area (Å²) < 4.78 is 16.3. The molecule has 0 spiro atoms. The first-order chi connectivity index (χ1) is 14.6. The van der Waals surface area contributed by atoms with Gasteiger partial charge in [0.1, 0.15) is 17.2 Å². The molecule has 0 bridgehead atoms. The number of allylic oxidation sites excluding steroid dienone is 1. The Labute approximate surface area is 174 Å². The lowest BCUT2D eigenvalue weighted by Gasteiger charge is -2.06. The molecule has 0 radical (unpaired) electrons. The fourth-order valence-electron chi connectivity index (χ4n) is 3.12. The molecule has 5 nitrogen and oxygen atoms in total. The number of carbonyl (C=O) groups excluding carboxylic acids is 2. The van der Waals surface area contributed by atoms with Crippen LogP contribution in [-0.4, -0.2) is 18.9 Å². The van der Waals surface area contributed by atoms with E-state index < -0.39 is 5.97 Å². The molecule has 0 N–H and O–H groups in total. The van der Waals surface area contributed by atoms with Gasteiger partial charge in [0.05, 0.1) is 18.2 Å². The Balaban J connectivity index is 1.51. The second-order valence-electron chi connectivity index (χ2n) is 6.81. The molecule has 0 saturated heterocycles. The zero-order valence-corrected chi connectivity index (χ0v) is 16.7. The van der Waals surface area contributed by atoms with Gasteiger partial charge in [0.15, 0.2) is 5.76 Å². The van der Waals surface area contributed by atoms with Crippen LogP contribution in [0.5, 0.6) is 17.2 Å². The van der Waals surface area contributed by atoms with Gasteiger partial charge in [-0.3, -0.25) is 4.79 Å². The van der Waals surface area contributed by atoms with Gasteiger partial charge >= 0.3 is 5.97 Å². The Bertz CT molecular complexity index is 1130. The predicted octanol–water partition coefficient (Wildman–Crippen LogP) is 5.09. The number of Topliss-reactive ketones (excluding diaryl/α,β-unsaturated/α-hetero) is 1. The van der Waals surface area contributed by atoms with E-state index in [9.17, 15) is 9.59 Å². The van der Waals surface area contributed by atoms with Crippen LogP contribution in [0.1, 0.15) is 38.8 Å². The molecule has 30 heavy (non-hydrogen) atoms. The van der Waals surface area contributed by atoms with Gasteiger partial charge in [-0.05, 0) is 60.0 Å². The first-order valence-corrected chi connectivity index (χ1v) is 9.61. The number of carbonyl (C=O) groups is 2. The molecule has 0 atom stereocenters. The number of benzene rings is 3. The average molecular weight is 400 g/mol. The third-order valence-electron chi connectivity index (χ3n) is 4.86. The SMILES string of the molecule is CCc1ccc(C=C2Oc3cc(OC(=O)c4ccc(OC)cc4)ccc3C2=O)cc1. The number of esters is 1. The van der Waals surface area contributed by atoms with E-state index in [2.05, 4.69) is 6.92 Å². The summed E-state index contributed by atoms with van der Waals surface area (Å²) in [5, 5.41) is 0. The second kappa shape index (κ2) is 8.25. The lowest BCUT2D eigenvalue weighted by molar-refractivity contribution is 0.0734. The molecular formula is C25H20O5. The molecule has 5 heteroatoms. The minimum Gasteiger partial charge on any atom is -0.497 e. The van der Waals surface area contributed by atoms with Crippen LogP contribution < -0.4 is 14.2 Å². The maximum atomic E-state index is 12.6. The molecule has 0 fully saturated rings. The molecule has 1 aliphatic rings. The highest BCUT2D eigenvalue weighted by Crippen LogP contribution is 2.35. The zero-order valence-electron chi connectivity index (χ0n) is 16.7. The van der Waals surface area contributed by atoms with Gasteiger partial charge in [0.25, 0.3) is 0 Å². The van der Waals surface area contributed by atoms with Crippen LogP contribution in [0, 0.1) is 0 Å². The van der Waals surface area contributed by atoms with Crippen molar-refractivity contribution in [1.82, 2.24) is 0 Å². The van der Waals surface area contributed by atoms with Gasteiger partial charge in [-0.2, -0.15) is 0 Å². The summed E-state index contributed by atoms with van der Waals surface area (Å²) in [4.78, 5) is 25.0. The van der Waals surface area contributed by atoms with Crippen LogP contribution in [0.2, 0.25) is 0 Å². The van der Waals surface area contributed by atoms with Gasteiger partial charge in [-0.1, -0.05) is 31.2 Å². The van der Waals surface area contributed by atoms with Crippen molar-refractivity contribution in [2.45, 2.75) is 13.3 Å². The van der Waals surface area contributed by atoms with Crippen LogP contribution in [-0.2, 0) is 6.42 Å². The highest BCUT2D eigenvalue weighted by atomic mass is 16.5. The zero-order chi connectivity index (χ0) is 21.1. The van der Waals surface area contributed by atoms with E-state index >= 15 is 0 Å². The normalized spacial score (nSPS) is 13.7. The predicted molar refractivity (Wildman–Crippen MR) is 113 cm³/mol. The summed E-state index contributed by atoms with van der Waals surface area (Å²) in [6.07, 6.45) is 2.67. The van der Waals surface area contributed by atoms with Crippen LogP contribution in [0.3, 0.4) is 0 Å². The number of hydrogen-bond donors (Lipinski definition) is 0. The van der Waals surface area contributed by atoms with Gasteiger partial charge in [0.2, 0.25) is 5.78 Å². The number of ether oxygens (including phenoxy) is 3. The number of hydrogen-bond acceptors (Lipinski definition) is 5. The van der Waals surface area contributed by atoms with Crippen molar-refractivity contribution in [3.8, 4) is 17.2 Å². The number of rotatable bonds is 5. The largest absolute Gasteiger partial charge is 0.497 e. The van der Waals surface area contributed by atoms with Crippen molar-refractivity contribution in [2.75, 3.05) is 7.11 Å². The fraction of sp³-hybridized carbons (Fsp3) is 0.120. The molecule has 0 aliphatic carbocycles. The summed E-state index contributed by atoms with van der Waals surface area (Å²) >= 11 is 0. The van der Waals surface area contributed by atoms with E-state index in [-0.39, 0.29) is 11.5 Å². The molecular weight excluding hydrogens is 380 g/mol. The highest BCUT2D eigenvalue weighted by molar-refractivity contribution is 6.14. The monoisotopic (exact) mass is 400 g/mol. The van der Waals surface area contributed by atoms with Crippen LogP contribution >= 0.6 is 0 Å². The Kier molecular flexibility index (Phi) is 5.35. The summed E-state index contributed by atoms with van der Waals surface area (Å²) in [7, 11) is 1.56. The molecule has 1 heterocycles. The van der Waals surface area contributed by atoms with Crippen molar-refractivity contribution in [1.29, 1.82) is 0 Å². The van der Waals surface area contributed by atoms with E-state index in [0.29, 0.717) is 28.4 Å². The molecule has 3 aromatic rings. The number of aryl methyl sites for hydroxylation is 1. The third kappa shape index (κ3) is 3.96. The Morgan fingerprint density at radius 1 is 0.967 bits per heavy atom. The minimum atomic E-state index is -0.506. The number of methoxy groups -OCH3 is 1. The molecule has 0 unspecified atom stereocenters. The van der Waals surface area contributed by atoms with Gasteiger partial charge in [0, 0.05) is 6.07 Å². The molecule has 0 saturated carbocycles. The average Bonchev–Trinajstić information content (AvgIpc) is 3.08. The standard InChI is InChI=1S/C25H20O5/c1-3-16-4-6-17(7-5-16)14-23-24(26)21-13-12-20(15-22(21)30-23)29-25(27)18-8-10-19(28-2)11-9-18/h4-15H,3H2,1-2H3. The van der Waals surface area contributed by atoms with Crippen molar-refractivity contribution >= 4 is 17.8 Å². The van der Waals surface area contributed by atoms with Crippen LogP contribution in [0.4, 0.5) is 0 Å². The van der Waals surface area contributed by atoms with E-state index in [1.807, 2.05) is 24.3 Å². The van der Waals surface area contributed by atoms with Crippen LogP contribution in [0.25, 0.3) is 6.08 Å². The number of ketones is 1. The van der Waals surface area contributed by atoms with Gasteiger partial charge in [-0.25, -0.2) is 4.79 Å². The van der Waals surface area contributed by atoms with E-state index in [1.54, 1.807) is 55.7 Å². The van der Waals surface area contributed by atoms with Crippen molar-refractivity contribution in [3.05, 3.63) is 94.7 Å². The summed E-state index contributed by atoms with van der Waals surface area (Å²) in [5.41, 5.74) is 2.94. The van der Waals surface area contributed by atoms with Crippen molar-refractivity contribution < 1.29 is 23.8 Å². The first kappa shape index (κ1) is 19.5. The van der Waals surface area contributed by atoms with E-state index in [1.165, 1.54) is 5.56 Å². The Morgan fingerprint density at radius 2 is 1.67 bits per heavy atom. The maximum Gasteiger partial charge on any atom is 0.343 e. The molecule has 0 amide bonds. The third-order valence-corrected chi connectivity index (χ3v) is 4.86. The van der Waals surface area contributed by atoms with Gasteiger partial charge in [-0.15, -0.1) is 0 Å². The lowest BCUT2D eigenvalue weighted by Crippen LogP contribution is -2.08. The summed E-state index contributed by atoms with van der Waals surface area (Å²) in [6.45, 7) is 2.09. The van der Waals surface area contributed by atoms with Crippen molar-refractivity contribution in [3.63, 3.8) is 0 Å². The lowest BCUT2D eigenvalue weighted by atomic mass is 10.1. The van der Waals surface area contributed by atoms with Crippen LogP contribution in [0.15, 0.2) is 72.5 Å². The first-order valence-electron chi connectivity index (χ1n) is 9.61. The van der Waals surface area contributed by atoms with E-state index in [0.717, 1.165) is 12.0 Å². The molecule has 3 aromatic carbocycles.